The molecule has 27 heteroatoms. The summed E-state index contributed by atoms with van der Waals surface area (Å²) in [5, 5.41) is 68.2. The van der Waals surface area contributed by atoms with Crippen LogP contribution in [0.3, 0.4) is 0 Å². The average Bonchev–Trinajstić information content (AvgIpc) is 3.23. The summed E-state index contributed by atoms with van der Waals surface area (Å²) in [5.41, 5.74) is 10.9. The topological polar surface area (TPSA) is 449 Å². The Balaban J connectivity index is 2.82. The number of carbonyl (C=O) groups excluding carboxylic acids is 10. The highest BCUT2D eigenvalue weighted by Crippen LogP contribution is 2.12. The minimum Gasteiger partial charge on any atom is -0.508 e. The second-order valence-electron chi connectivity index (χ2n) is 14.5. The van der Waals surface area contributed by atoms with Crippen LogP contribution < -0.4 is 59.3 Å². The van der Waals surface area contributed by atoms with Gasteiger partial charge in [0.15, 0.2) is 0 Å². The molecule has 0 bridgehead atoms. The zero-order valence-electron chi connectivity index (χ0n) is 35.2. The number of aliphatic hydroxyl groups excluding tert-OH is 3. The first kappa shape index (κ1) is 55.0. The van der Waals surface area contributed by atoms with Crippen molar-refractivity contribution >= 4 is 65.0 Å². The Morgan fingerprint density at radius 1 is 0.531 bits per heavy atom. The van der Waals surface area contributed by atoms with Crippen LogP contribution in [0.15, 0.2) is 24.3 Å². The maximum absolute atomic E-state index is 13.3. The summed E-state index contributed by atoms with van der Waals surface area (Å²) in [6.07, 6.45) is -0.984. The van der Waals surface area contributed by atoms with E-state index >= 15 is 0 Å². The van der Waals surface area contributed by atoms with E-state index in [0.717, 1.165) is 0 Å². The van der Waals surface area contributed by atoms with E-state index in [9.17, 15) is 78.3 Å². The second kappa shape index (κ2) is 27.9. The largest absolute Gasteiger partial charge is 0.508 e. The molecule has 0 aliphatic carbocycles. The van der Waals surface area contributed by atoms with Crippen molar-refractivity contribution in [2.45, 2.75) is 82.3 Å². The van der Waals surface area contributed by atoms with E-state index in [4.69, 9.17) is 11.5 Å². The molecule has 0 radical (unpaired) electrons. The smallest absolute Gasteiger partial charge is 0.326 e. The highest BCUT2D eigenvalue weighted by Gasteiger charge is 2.33. The minimum absolute atomic E-state index is 0.0751. The zero-order chi connectivity index (χ0) is 48.7. The molecule has 1 rings (SSSR count). The minimum atomic E-state index is -1.78. The molecule has 27 nitrogen and oxygen atoms in total. The summed E-state index contributed by atoms with van der Waals surface area (Å²) in [7, 11) is 0. The van der Waals surface area contributed by atoms with Crippen LogP contribution in [0.25, 0.3) is 0 Å². The maximum Gasteiger partial charge on any atom is 0.326 e. The highest BCUT2D eigenvalue weighted by atomic mass is 16.4. The van der Waals surface area contributed by atoms with Gasteiger partial charge in [0.05, 0.1) is 51.9 Å². The SMILES string of the molecule is CC(C)C[C@H](NC(=O)[C@H](CO)NC(=O)[C@H](CO)NC(=O)CNC(=O)CNC(=O)[C@H](CC(N)=O)NC(=O)CNC(=O)[C@H](C)N)C(=O)N[C@@H](CO)C(=O)N[C@@H](Cc1ccc(O)cc1)C(=O)O. The van der Waals surface area contributed by atoms with E-state index in [1.165, 1.54) is 31.2 Å². The molecule has 0 aromatic heterocycles. The van der Waals surface area contributed by atoms with Gasteiger partial charge in [-0.3, -0.25) is 47.9 Å². The van der Waals surface area contributed by atoms with Crippen molar-refractivity contribution in [2.75, 3.05) is 39.5 Å². The van der Waals surface area contributed by atoms with Gasteiger partial charge in [0.1, 0.15) is 42.0 Å². The van der Waals surface area contributed by atoms with Gasteiger partial charge in [0.2, 0.25) is 59.1 Å². The number of carbonyl (C=O) groups is 11. The number of primary amides is 1. The molecule has 0 saturated carbocycles. The first-order valence-electron chi connectivity index (χ1n) is 19.5. The van der Waals surface area contributed by atoms with E-state index in [1.54, 1.807) is 13.8 Å². The number of rotatable bonds is 28. The molecule has 0 aliphatic rings. The van der Waals surface area contributed by atoms with Gasteiger partial charge in [-0.25, -0.2) is 4.79 Å². The molecule has 0 unspecified atom stereocenters. The quantitative estimate of drug-likeness (QED) is 0.0371. The van der Waals surface area contributed by atoms with E-state index in [2.05, 4.69) is 47.9 Å². The van der Waals surface area contributed by atoms with Crippen molar-refractivity contribution < 1.29 is 78.3 Å². The summed E-state index contributed by atoms with van der Waals surface area (Å²) in [5.74, 6) is -11.9. The lowest BCUT2D eigenvalue weighted by Crippen LogP contribution is -2.60. The highest BCUT2D eigenvalue weighted by molar-refractivity contribution is 5.97. The Hall–Kier alpha value is -6.97. The molecule has 7 atom stereocenters. The van der Waals surface area contributed by atoms with Gasteiger partial charge < -0.3 is 84.9 Å². The molecular formula is C37H57N11O16. The van der Waals surface area contributed by atoms with Crippen molar-refractivity contribution in [3.63, 3.8) is 0 Å². The number of benzene rings is 1. The van der Waals surface area contributed by atoms with Gasteiger partial charge in [0.25, 0.3) is 0 Å². The lowest BCUT2D eigenvalue weighted by Gasteiger charge is -2.26. The van der Waals surface area contributed by atoms with Crippen LogP contribution in [0.4, 0.5) is 0 Å². The van der Waals surface area contributed by atoms with Crippen LogP contribution in [0.2, 0.25) is 0 Å². The summed E-state index contributed by atoms with van der Waals surface area (Å²) in [6.45, 7) is -0.611. The maximum atomic E-state index is 13.3. The Morgan fingerprint density at radius 2 is 0.938 bits per heavy atom. The third-order valence-electron chi connectivity index (χ3n) is 8.56. The molecule has 18 N–H and O–H groups in total. The van der Waals surface area contributed by atoms with Gasteiger partial charge in [-0.15, -0.1) is 0 Å². The molecule has 0 aliphatic heterocycles. The predicted octanol–water partition coefficient (Wildman–Crippen LogP) is -8.48. The summed E-state index contributed by atoms with van der Waals surface area (Å²) in [4.78, 5) is 137. The number of nitrogens with one attached hydrogen (secondary N) is 9. The van der Waals surface area contributed by atoms with Crippen LogP contribution in [0.1, 0.15) is 39.2 Å². The van der Waals surface area contributed by atoms with Crippen LogP contribution in [0.5, 0.6) is 5.75 Å². The normalized spacial score (nSPS) is 14.1. The van der Waals surface area contributed by atoms with E-state index in [-0.39, 0.29) is 24.5 Å². The van der Waals surface area contributed by atoms with E-state index in [0.29, 0.717) is 5.56 Å². The summed E-state index contributed by atoms with van der Waals surface area (Å²) < 4.78 is 0. The van der Waals surface area contributed by atoms with Gasteiger partial charge in [-0.05, 0) is 37.0 Å². The number of phenols is 1. The monoisotopic (exact) mass is 911 g/mol. The number of aliphatic carboxylic acids is 1. The van der Waals surface area contributed by atoms with Gasteiger partial charge in [-0.2, -0.15) is 0 Å². The van der Waals surface area contributed by atoms with Crippen LogP contribution in [0, 0.1) is 5.92 Å². The number of hydrogen-bond donors (Lipinski definition) is 16. The number of phenolic OH excluding ortho intramolecular Hbond substituents is 1. The molecule has 0 spiro atoms. The molecular weight excluding hydrogens is 854 g/mol. The van der Waals surface area contributed by atoms with Crippen LogP contribution >= 0.6 is 0 Å². The van der Waals surface area contributed by atoms with Gasteiger partial charge in [-0.1, -0.05) is 26.0 Å². The Bertz CT molecular complexity index is 1830. The van der Waals surface area contributed by atoms with Crippen molar-refractivity contribution in [2.24, 2.45) is 17.4 Å². The molecule has 1 aromatic carbocycles. The molecule has 356 valence electrons. The van der Waals surface area contributed by atoms with Gasteiger partial charge >= 0.3 is 5.97 Å². The lowest BCUT2D eigenvalue weighted by molar-refractivity contribution is -0.142. The van der Waals surface area contributed by atoms with Crippen LogP contribution in [-0.2, 0) is 59.2 Å². The number of nitrogens with two attached hydrogens (primary N) is 2. The zero-order valence-corrected chi connectivity index (χ0v) is 35.2. The number of carboxylic acid groups (broad SMARTS) is 1. The van der Waals surface area contributed by atoms with Crippen molar-refractivity contribution in [1.29, 1.82) is 0 Å². The predicted molar refractivity (Wildman–Crippen MR) is 218 cm³/mol. The van der Waals surface area contributed by atoms with E-state index < -0.39 is 153 Å². The molecule has 64 heavy (non-hydrogen) atoms. The van der Waals surface area contributed by atoms with Crippen molar-refractivity contribution in [3.05, 3.63) is 29.8 Å². The third-order valence-corrected chi connectivity index (χ3v) is 8.56. The standard InChI is InChI=1S/C37H57N11O16/c1-17(2)8-21(33(59)47-26(16-51)36(62)46-23(37(63)64)9-19-4-6-20(52)7-5-19)45-35(61)25(15-50)48-34(60)24(14-49)44-29(55)12-40-28(54)11-42-32(58)22(10-27(39)53)43-30(56)13-41-31(57)18(3)38/h4-7,17-18,21-26,49-52H,8-16,38H2,1-3H3,(H2,39,53)(H,40,54)(H,41,57)(H,42,58)(H,43,56)(H,44,55)(H,45,61)(H,46,62)(H,47,59)(H,48,60)(H,63,64)/t18-,21-,22-,23-,24-,25-,26-/m0/s1. The van der Waals surface area contributed by atoms with E-state index in [1.807, 2.05) is 0 Å². The molecule has 1 aromatic rings. The fraction of sp³-hybridized carbons (Fsp3) is 0.541. The first-order valence-corrected chi connectivity index (χ1v) is 19.5. The molecule has 0 saturated heterocycles. The second-order valence-corrected chi connectivity index (χ2v) is 14.5. The Kier molecular flexibility index (Phi) is 24.0. The average molecular weight is 912 g/mol. The number of amides is 10. The van der Waals surface area contributed by atoms with Crippen molar-refractivity contribution in [1.82, 2.24) is 47.9 Å². The summed E-state index contributed by atoms with van der Waals surface area (Å²) >= 11 is 0. The molecule has 10 amide bonds. The third kappa shape index (κ3) is 20.7. The fourth-order valence-corrected chi connectivity index (χ4v) is 5.20. The number of hydrogen-bond acceptors (Lipinski definition) is 16. The first-order chi connectivity index (χ1) is 30.0. The Labute approximate surface area is 365 Å². The van der Waals surface area contributed by atoms with Gasteiger partial charge in [0, 0.05) is 6.42 Å². The number of aromatic hydroxyl groups is 1. The van der Waals surface area contributed by atoms with Crippen LogP contribution in [-0.4, -0.2) is 172 Å². The van der Waals surface area contributed by atoms with Crippen molar-refractivity contribution in [3.8, 4) is 5.75 Å². The number of carboxylic acids is 1. The molecule has 0 heterocycles. The Morgan fingerprint density at radius 3 is 1.39 bits per heavy atom. The summed E-state index contributed by atoms with van der Waals surface area (Å²) in [6, 6.07) is -5.20. The molecule has 0 fully saturated rings. The fourth-order valence-electron chi connectivity index (χ4n) is 5.20. The number of aliphatic hydroxyl groups is 3. The lowest BCUT2D eigenvalue weighted by atomic mass is 10.0.